The fraction of sp³-hybridized carbons (Fsp3) is 0.500. The van der Waals surface area contributed by atoms with E-state index in [1.807, 2.05) is 91.0 Å². The van der Waals surface area contributed by atoms with E-state index < -0.39 is 172 Å². The summed E-state index contributed by atoms with van der Waals surface area (Å²) in [5.41, 5.74) is 15.7. The van der Waals surface area contributed by atoms with Gasteiger partial charge in [0.2, 0.25) is 82.7 Å². The normalized spacial score (nSPS) is 22.1. The van der Waals surface area contributed by atoms with Gasteiger partial charge in [-0.05, 0) is 226 Å². The Labute approximate surface area is 846 Å². The zero-order valence-corrected chi connectivity index (χ0v) is 84.0. The van der Waals surface area contributed by atoms with Crippen LogP contribution >= 0.6 is 0 Å². The number of nitrogens with zero attached hydrogens (tertiary/aromatic N) is 8. The number of alkyl carbamates (subject to hydrolysis) is 2. The third-order valence-electron chi connectivity index (χ3n) is 29.3. The second kappa shape index (κ2) is 46.2. The van der Waals surface area contributed by atoms with E-state index in [9.17, 15) is 67.1 Å². The van der Waals surface area contributed by atoms with E-state index in [4.69, 9.17) is 20.9 Å². The molecule has 15 rings (SSSR count). The van der Waals surface area contributed by atoms with Gasteiger partial charge >= 0.3 is 23.6 Å². The number of imide groups is 2. The lowest BCUT2D eigenvalue weighted by atomic mass is 9.78. The van der Waals surface area contributed by atoms with Crippen LogP contribution in [0, 0.1) is 11.8 Å². The van der Waals surface area contributed by atoms with Gasteiger partial charge in [0, 0.05) is 83.7 Å². The molecule has 6 saturated heterocycles. The maximum Gasteiger partial charge on any atom is 0.408 e. The predicted octanol–water partition coefficient (Wildman–Crippen LogP) is 7.86. The van der Waals surface area contributed by atoms with Gasteiger partial charge in [0.25, 0.3) is 0 Å². The molecule has 6 aliphatic heterocycles. The summed E-state index contributed by atoms with van der Waals surface area (Å²) in [5, 5.41) is 22.2. The number of fused-ring (bicyclic) bond motifs is 4. The van der Waals surface area contributed by atoms with Crippen molar-refractivity contribution in [2.75, 3.05) is 26.2 Å². The number of primary amides is 2. The topological polar surface area (TPSA) is 507 Å². The number of rotatable bonds is 34. The number of carbonyl (C=O) groups is 16. The molecule has 0 bridgehead atoms. The Hall–Kier alpha value is -14.6. The van der Waals surface area contributed by atoms with Crippen molar-refractivity contribution in [2.24, 2.45) is 37.4 Å². The molecule has 4 unspecified atom stereocenters. The number of nitrogens with one attached hydrogen (secondary N) is 8. The lowest BCUT2D eigenvalue weighted by molar-refractivity contribution is -0.146. The minimum absolute atomic E-state index is 0.0231. The number of piperidine rings is 2. The molecule has 6 aromatic carbocycles. The summed E-state index contributed by atoms with van der Waals surface area (Å²) in [6.45, 7) is 9.94. The van der Waals surface area contributed by atoms with Crippen LogP contribution in [0.1, 0.15) is 258 Å². The molecule has 16 amide bonds. The molecule has 38 heteroatoms. The van der Waals surface area contributed by atoms with Crippen LogP contribution in [0.25, 0.3) is 22.1 Å². The Bertz CT molecular complexity index is 6350. The lowest BCUT2D eigenvalue weighted by Crippen LogP contribution is -2.62. The van der Waals surface area contributed by atoms with Gasteiger partial charge in [-0.25, -0.2) is 19.2 Å². The SMILES string of the molecule is Cn1c(=O)n(C2CCC(=O)NC2=O)c2ccc(CCCCCCC(=O)N3CC[C@H]4CC[C@@H](C(=O)N[C@H](CCC(N)=O)C(=O)NC(c5ccccc5)c5cccc(C6CC(=O)NC(=O)C6n6c(=O)n(C)c7cc(CC8CCC(CC(=O)N9CC[C@H]%10CC[C@@H](C(=O)N[C@@H](CCC(N)=O)C(=O)NC(c%11ccccc%11)c%11ccccc%11)N%10C(=O)[C@@H](NC(=O)OC(C)(C)C)C9)CC8)ccc76)c5)N4C(=O)[C@@H](NC(=O)OC(C)(C)C)C3)cc21. The van der Waals surface area contributed by atoms with E-state index in [0.29, 0.717) is 96.5 Å². The number of ether oxygens (including phenoxy) is 2. The predicted molar refractivity (Wildman–Crippen MR) is 538 cm³/mol. The smallest absolute Gasteiger partial charge is 0.408 e. The van der Waals surface area contributed by atoms with Gasteiger partial charge in [0.15, 0.2) is 0 Å². The second-order valence-corrected chi connectivity index (χ2v) is 42.0. The molecule has 7 aliphatic rings. The number of imidazole rings is 2. The summed E-state index contributed by atoms with van der Waals surface area (Å²) < 4.78 is 17.1. The van der Waals surface area contributed by atoms with Gasteiger partial charge in [0.1, 0.15) is 59.5 Å². The standard InChI is InChI=1S/C108H134N18O20/c1-107(2,3)145-103(141)113-77-61-121(90(131)32-21-10-9-14-23-63-37-43-79-84(56-63)119(7)105(143)125(79)83-47-50-88(129)115-99(83)137)53-51-72-39-45-81(123(72)101(77)139)98(136)112-76(42-49-87(110)128)96(134)118-93(69-28-19-13-20-29-69)71-31-22-30-70(59-71)74-60-89(130)116-100(138)94(74)126-80-44-38-66(57-85(80)120(8)106(126)144)55-64-33-35-65(36-34-64)58-91(132)122-54-52-73-40-46-82(124(73)102(140)78(62-122)114-104(142)146-108(4,5)6)97(135)111-75(41-48-86(109)127)95(133)117-92(67-24-15-11-16-25-67)68-26-17-12-18-27-68/h11-13,15-20,22,24-31,37-38,43-44,56-57,59,64-65,72-78,81-83,92-94H,9-10,14,21,23,32-36,39-42,45-55,58,60-62H2,1-8H3,(H2,109,127)(H2,110,128)(H,111,135)(H,112,136)(H,113,141)(H,114,142)(H,117,133)(H,118,134)(H,115,129,137)(H,116,130,138)/t64?,65?,72-,73-,74?,75+,76-,77+,78+,81+,82+,83?,93?,94?/m1/s1. The van der Waals surface area contributed by atoms with Crippen molar-refractivity contribution in [1.82, 2.24) is 80.4 Å². The van der Waals surface area contributed by atoms with Crippen LogP contribution < -0.4 is 65.4 Å². The average Bonchev–Trinajstić information content (AvgIpc) is 1.59. The van der Waals surface area contributed by atoms with E-state index in [-0.39, 0.29) is 138 Å². The highest BCUT2D eigenvalue weighted by molar-refractivity contribution is 6.03. The molecule has 7 fully saturated rings. The number of hydrogen-bond donors (Lipinski definition) is 10. The quantitative estimate of drug-likeness (QED) is 0.0135. The summed E-state index contributed by atoms with van der Waals surface area (Å²) in [6, 6.07) is 33.2. The van der Waals surface area contributed by atoms with E-state index in [1.165, 1.54) is 28.1 Å². The molecule has 146 heavy (non-hydrogen) atoms. The maximum atomic E-state index is 15.3. The van der Waals surface area contributed by atoms with Crippen LogP contribution in [-0.2, 0) is 104 Å². The highest BCUT2D eigenvalue weighted by Gasteiger charge is 2.50. The van der Waals surface area contributed by atoms with Gasteiger partial charge in [-0.15, -0.1) is 0 Å². The zero-order chi connectivity index (χ0) is 104. The van der Waals surface area contributed by atoms with E-state index >= 15 is 19.2 Å². The average molecular weight is 2000 g/mol. The molecule has 2 aromatic heterocycles. The third kappa shape index (κ3) is 25.5. The van der Waals surface area contributed by atoms with Gasteiger partial charge in [0.05, 0.1) is 47.2 Å². The van der Waals surface area contributed by atoms with Crippen molar-refractivity contribution in [3.05, 3.63) is 212 Å². The maximum absolute atomic E-state index is 15.3. The molecule has 12 atom stereocenters. The van der Waals surface area contributed by atoms with E-state index in [0.717, 1.165) is 47.9 Å². The highest BCUT2D eigenvalue weighted by Crippen LogP contribution is 2.42. The molecule has 0 spiro atoms. The van der Waals surface area contributed by atoms with Crippen molar-refractivity contribution < 1.29 is 86.2 Å². The Balaban J connectivity index is 0.578. The van der Waals surface area contributed by atoms with Crippen LogP contribution in [0.2, 0.25) is 0 Å². The van der Waals surface area contributed by atoms with Crippen molar-refractivity contribution in [3.8, 4) is 0 Å². The number of nitrogens with two attached hydrogens (primary N) is 2. The molecule has 1 saturated carbocycles. The first-order valence-electron chi connectivity index (χ1n) is 51.0. The van der Waals surface area contributed by atoms with Gasteiger partial charge in [-0.2, -0.15) is 0 Å². The Morgan fingerprint density at radius 3 is 1.41 bits per heavy atom. The Morgan fingerprint density at radius 1 is 0.445 bits per heavy atom. The van der Waals surface area contributed by atoms with Gasteiger partial charge < -0.3 is 72.4 Å². The molecule has 8 heterocycles. The summed E-state index contributed by atoms with van der Waals surface area (Å²) in [5.74, 6) is -8.80. The minimum Gasteiger partial charge on any atom is -0.444 e. The van der Waals surface area contributed by atoms with Crippen molar-refractivity contribution in [3.63, 3.8) is 0 Å². The first-order valence-corrected chi connectivity index (χ1v) is 51.0. The molecule has 38 nitrogen and oxygen atoms in total. The van der Waals surface area contributed by atoms with Crippen LogP contribution in [0.5, 0.6) is 0 Å². The summed E-state index contributed by atoms with van der Waals surface area (Å²) in [4.78, 5) is 259. The summed E-state index contributed by atoms with van der Waals surface area (Å²) in [6.07, 6.45) is 6.21. The summed E-state index contributed by atoms with van der Waals surface area (Å²) >= 11 is 0. The third-order valence-corrected chi connectivity index (χ3v) is 29.3. The fourth-order valence-corrected chi connectivity index (χ4v) is 22.0. The zero-order valence-electron chi connectivity index (χ0n) is 84.0. The van der Waals surface area contributed by atoms with E-state index in [1.54, 1.807) is 126 Å². The fourth-order valence-electron chi connectivity index (χ4n) is 22.0. The van der Waals surface area contributed by atoms with Crippen molar-refractivity contribution in [2.45, 2.75) is 292 Å². The second-order valence-electron chi connectivity index (χ2n) is 42.0. The molecule has 12 N–H and O–H groups in total. The molecule has 8 aromatic rings. The molecular weight excluding hydrogens is 1870 g/mol. The number of carbonyl (C=O) groups excluding carboxylic acids is 16. The first kappa shape index (κ1) is 106. The van der Waals surface area contributed by atoms with Crippen LogP contribution in [0.4, 0.5) is 9.59 Å². The van der Waals surface area contributed by atoms with Gasteiger partial charge in [-0.3, -0.25) is 96.0 Å². The van der Waals surface area contributed by atoms with Crippen molar-refractivity contribution in [1.29, 1.82) is 0 Å². The lowest BCUT2D eigenvalue weighted by Gasteiger charge is -2.39. The molecule has 776 valence electrons. The van der Waals surface area contributed by atoms with Crippen LogP contribution in [-0.4, -0.2) is 218 Å². The van der Waals surface area contributed by atoms with E-state index in [2.05, 4.69) is 42.5 Å². The van der Waals surface area contributed by atoms with Crippen LogP contribution in [0.3, 0.4) is 0 Å². The number of aryl methyl sites for hydroxylation is 3. The van der Waals surface area contributed by atoms with Crippen LogP contribution in [0.15, 0.2) is 161 Å². The number of amides is 16. The highest BCUT2D eigenvalue weighted by atomic mass is 16.6. The molecular formula is C108H134N18O20. The summed E-state index contributed by atoms with van der Waals surface area (Å²) in [7, 11) is 3.26. The number of benzene rings is 6. The minimum atomic E-state index is -1.43. The van der Waals surface area contributed by atoms with Crippen molar-refractivity contribution >= 4 is 117 Å². The molecule has 0 radical (unpaired) electrons. The monoisotopic (exact) mass is 2000 g/mol. The largest absolute Gasteiger partial charge is 0.444 e. The number of unbranched alkanes of at least 4 members (excludes halogenated alkanes) is 3. The number of hydrogen-bond acceptors (Lipinski definition) is 20. The number of aromatic nitrogens is 4. The Kier molecular flexibility index (Phi) is 33.4. The molecule has 1 aliphatic carbocycles. The Morgan fingerprint density at radius 2 is 0.904 bits per heavy atom. The van der Waals surface area contributed by atoms with Gasteiger partial charge in [-0.1, -0.05) is 140 Å². The first-order chi connectivity index (χ1) is 69.7.